The first-order valence-electron chi connectivity index (χ1n) is 6.45. The third-order valence-electron chi connectivity index (χ3n) is 3.29. The van der Waals surface area contributed by atoms with Gasteiger partial charge in [0.15, 0.2) is 5.82 Å². The molecule has 0 unspecified atom stereocenters. The highest BCUT2D eigenvalue weighted by Crippen LogP contribution is 2.40. The van der Waals surface area contributed by atoms with Crippen molar-refractivity contribution in [3.63, 3.8) is 0 Å². The van der Waals surface area contributed by atoms with Crippen molar-refractivity contribution >= 4 is 45.3 Å². The van der Waals surface area contributed by atoms with Gasteiger partial charge in [0.05, 0.1) is 0 Å². The van der Waals surface area contributed by atoms with Crippen LogP contribution in [0, 0.1) is 0 Å². The molecule has 1 aromatic heterocycles. The number of anilines is 4. The van der Waals surface area contributed by atoms with E-state index in [1.54, 1.807) is 0 Å². The SMILES string of the molecule is ONc1nsc(N2CCCC2)c1Nc1ccc(Cl)cc1. The van der Waals surface area contributed by atoms with E-state index in [0.29, 0.717) is 10.8 Å². The van der Waals surface area contributed by atoms with E-state index in [2.05, 4.69) is 20.1 Å². The van der Waals surface area contributed by atoms with E-state index in [1.807, 2.05) is 24.3 Å². The molecule has 2 heterocycles. The summed E-state index contributed by atoms with van der Waals surface area (Å²) in [5, 5.41) is 14.3. The van der Waals surface area contributed by atoms with Crippen LogP contribution in [0.5, 0.6) is 0 Å². The van der Waals surface area contributed by atoms with Crippen molar-refractivity contribution in [2.45, 2.75) is 12.8 Å². The maximum absolute atomic E-state index is 9.21. The zero-order valence-corrected chi connectivity index (χ0v) is 12.3. The third kappa shape index (κ3) is 2.67. The van der Waals surface area contributed by atoms with Crippen molar-refractivity contribution in [1.29, 1.82) is 0 Å². The van der Waals surface area contributed by atoms with E-state index in [-0.39, 0.29) is 0 Å². The number of hydrogen-bond acceptors (Lipinski definition) is 6. The van der Waals surface area contributed by atoms with Crippen LogP contribution in [0.25, 0.3) is 0 Å². The molecule has 0 amide bonds. The van der Waals surface area contributed by atoms with E-state index in [4.69, 9.17) is 11.6 Å². The van der Waals surface area contributed by atoms with Gasteiger partial charge in [0.25, 0.3) is 0 Å². The van der Waals surface area contributed by atoms with E-state index < -0.39 is 0 Å². The van der Waals surface area contributed by atoms with Crippen LogP contribution in [0.4, 0.5) is 22.2 Å². The van der Waals surface area contributed by atoms with E-state index in [1.165, 1.54) is 24.4 Å². The van der Waals surface area contributed by atoms with Gasteiger partial charge < -0.3 is 10.2 Å². The minimum atomic E-state index is 0.451. The second-order valence-corrected chi connectivity index (χ2v) is 5.84. The molecule has 0 aliphatic carbocycles. The number of rotatable bonds is 4. The lowest BCUT2D eigenvalue weighted by molar-refractivity contribution is 0.387. The number of nitrogens with zero attached hydrogens (tertiary/aromatic N) is 2. The molecule has 1 aromatic carbocycles. The average Bonchev–Trinajstić information content (AvgIpc) is 3.10. The van der Waals surface area contributed by atoms with Crippen LogP contribution in [0.1, 0.15) is 12.8 Å². The molecule has 0 bridgehead atoms. The largest absolute Gasteiger partial charge is 0.360 e. The number of hydrogen-bond donors (Lipinski definition) is 3. The fourth-order valence-electron chi connectivity index (χ4n) is 2.28. The minimum absolute atomic E-state index is 0.451. The Labute approximate surface area is 126 Å². The Hall–Kier alpha value is -1.50. The summed E-state index contributed by atoms with van der Waals surface area (Å²) in [6, 6.07) is 7.44. The predicted molar refractivity (Wildman–Crippen MR) is 83.7 cm³/mol. The molecular weight excluding hydrogens is 296 g/mol. The second kappa shape index (κ2) is 5.87. The summed E-state index contributed by atoms with van der Waals surface area (Å²) >= 11 is 7.27. The number of nitrogens with one attached hydrogen (secondary N) is 2. The highest BCUT2D eigenvalue weighted by atomic mass is 35.5. The predicted octanol–water partition coefficient (Wildman–Crippen LogP) is 3.94. The maximum atomic E-state index is 9.21. The third-order valence-corrected chi connectivity index (χ3v) is 4.45. The van der Waals surface area contributed by atoms with Crippen molar-refractivity contribution in [2.75, 3.05) is 28.8 Å². The van der Waals surface area contributed by atoms with Crippen LogP contribution in [0.2, 0.25) is 5.02 Å². The summed E-state index contributed by atoms with van der Waals surface area (Å²) in [4.78, 5) is 2.29. The Morgan fingerprint density at radius 2 is 1.90 bits per heavy atom. The van der Waals surface area contributed by atoms with Gasteiger partial charge in [0.1, 0.15) is 10.7 Å². The number of aromatic nitrogens is 1. The fraction of sp³-hybridized carbons (Fsp3) is 0.308. The van der Waals surface area contributed by atoms with E-state index in [9.17, 15) is 5.21 Å². The molecule has 0 radical (unpaired) electrons. The molecule has 1 aliphatic heterocycles. The van der Waals surface area contributed by atoms with Crippen LogP contribution in [-0.2, 0) is 0 Å². The molecule has 0 atom stereocenters. The Morgan fingerprint density at radius 1 is 1.20 bits per heavy atom. The van der Waals surface area contributed by atoms with Crippen LogP contribution < -0.4 is 15.7 Å². The Balaban J connectivity index is 1.90. The monoisotopic (exact) mass is 310 g/mol. The smallest absolute Gasteiger partial charge is 0.189 e. The Kier molecular flexibility index (Phi) is 3.95. The van der Waals surface area contributed by atoms with Gasteiger partial charge in [-0.05, 0) is 48.6 Å². The molecule has 106 valence electrons. The first-order valence-corrected chi connectivity index (χ1v) is 7.60. The highest BCUT2D eigenvalue weighted by Gasteiger charge is 2.21. The van der Waals surface area contributed by atoms with Gasteiger partial charge in [-0.1, -0.05) is 11.6 Å². The van der Waals surface area contributed by atoms with Crippen molar-refractivity contribution in [2.24, 2.45) is 0 Å². The molecule has 1 saturated heterocycles. The molecule has 1 fully saturated rings. The van der Waals surface area contributed by atoms with E-state index in [0.717, 1.165) is 29.5 Å². The average molecular weight is 311 g/mol. The number of benzene rings is 1. The zero-order chi connectivity index (χ0) is 13.9. The van der Waals surface area contributed by atoms with Crippen molar-refractivity contribution in [3.05, 3.63) is 29.3 Å². The van der Waals surface area contributed by atoms with Crippen molar-refractivity contribution < 1.29 is 5.21 Å². The van der Waals surface area contributed by atoms with Gasteiger partial charge in [-0.25, -0.2) is 5.48 Å². The standard InChI is InChI=1S/C13H15ClN4OS/c14-9-3-5-10(6-4-9)15-11-12(16-19)17-20-13(11)18-7-1-2-8-18/h3-6,15,19H,1-2,7-8H2,(H,16,17). The molecule has 2 aromatic rings. The van der Waals surface area contributed by atoms with Gasteiger partial charge in [0.2, 0.25) is 0 Å². The van der Waals surface area contributed by atoms with Crippen LogP contribution >= 0.6 is 23.1 Å². The van der Waals surface area contributed by atoms with Gasteiger partial charge in [-0.3, -0.25) is 5.21 Å². The molecule has 5 nitrogen and oxygen atoms in total. The second-order valence-electron chi connectivity index (χ2n) is 4.65. The van der Waals surface area contributed by atoms with Crippen molar-refractivity contribution in [1.82, 2.24) is 4.37 Å². The quantitative estimate of drug-likeness (QED) is 0.747. The summed E-state index contributed by atoms with van der Waals surface area (Å²) < 4.78 is 4.24. The van der Waals surface area contributed by atoms with Gasteiger partial charge in [0, 0.05) is 23.8 Å². The normalized spacial score (nSPS) is 14.6. The molecule has 7 heteroatoms. The molecule has 20 heavy (non-hydrogen) atoms. The lowest BCUT2D eigenvalue weighted by atomic mass is 10.3. The lowest BCUT2D eigenvalue weighted by Crippen LogP contribution is -2.17. The Bertz CT molecular complexity index is 581. The Morgan fingerprint density at radius 3 is 2.55 bits per heavy atom. The van der Waals surface area contributed by atoms with E-state index >= 15 is 0 Å². The lowest BCUT2D eigenvalue weighted by Gasteiger charge is -2.17. The van der Waals surface area contributed by atoms with Crippen LogP contribution in [0.3, 0.4) is 0 Å². The molecule has 0 spiro atoms. The maximum Gasteiger partial charge on any atom is 0.189 e. The topological polar surface area (TPSA) is 60.4 Å². The summed E-state index contributed by atoms with van der Waals surface area (Å²) in [5.41, 5.74) is 3.87. The number of halogens is 1. The highest BCUT2D eigenvalue weighted by molar-refractivity contribution is 7.11. The van der Waals surface area contributed by atoms with Gasteiger partial charge >= 0.3 is 0 Å². The molecule has 1 aliphatic rings. The van der Waals surface area contributed by atoms with Crippen LogP contribution in [0.15, 0.2) is 24.3 Å². The zero-order valence-electron chi connectivity index (χ0n) is 10.8. The molecular formula is C13H15ClN4OS. The minimum Gasteiger partial charge on any atom is -0.360 e. The first-order chi connectivity index (χ1) is 9.78. The van der Waals surface area contributed by atoms with Gasteiger partial charge in [-0.2, -0.15) is 4.37 Å². The molecule has 3 N–H and O–H groups in total. The summed E-state index contributed by atoms with van der Waals surface area (Å²) in [5.74, 6) is 0.451. The molecule has 0 saturated carbocycles. The molecule has 3 rings (SSSR count). The van der Waals surface area contributed by atoms with Crippen molar-refractivity contribution in [3.8, 4) is 0 Å². The summed E-state index contributed by atoms with van der Waals surface area (Å²) in [6.07, 6.45) is 2.39. The van der Waals surface area contributed by atoms with Crippen LogP contribution in [-0.4, -0.2) is 22.7 Å². The first kappa shape index (κ1) is 13.5. The fourth-order valence-corrected chi connectivity index (χ4v) is 3.26. The van der Waals surface area contributed by atoms with Gasteiger partial charge in [-0.15, -0.1) is 0 Å². The summed E-state index contributed by atoms with van der Waals surface area (Å²) in [7, 11) is 0. The summed E-state index contributed by atoms with van der Waals surface area (Å²) in [6.45, 7) is 2.06.